The standard InChI is InChI=1S/C18H16ClFN4/c19-14-5-7-15(8-6-14)24-18-11-17(22-12-23-18)21-10-9-13-3-1-2-4-16(13)20/h1-8,11-12H,9-10H2,(H2,21,22,23,24). The molecule has 3 rings (SSSR count). The van der Waals surface area contributed by atoms with Gasteiger partial charge in [-0.25, -0.2) is 14.4 Å². The zero-order valence-corrected chi connectivity index (χ0v) is 13.6. The Labute approximate surface area is 144 Å². The lowest BCUT2D eigenvalue weighted by Gasteiger charge is -2.09. The van der Waals surface area contributed by atoms with E-state index in [1.54, 1.807) is 30.3 Å². The van der Waals surface area contributed by atoms with E-state index in [1.165, 1.54) is 12.4 Å². The van der Waals surface area contributed by atoms with Gasteiger partial charge in [-0.05, 0) is 42.3 Å². The van der Waals surface area contributed by atoms with Gasteiger partial charge in [0.1, 0.15) is 23.8 Å². The van der Waals surface area contributed by atoms with Crippen LogP contribution in [-0.2, 0) is 6.42 Å². The highest BCUT2D eigenvalue weighted by atomic mass is 35.5. The number of benzene rings is 2. The number of halogens is 2. The van der Waals surface area contributed by atoms with Crippen molar-refractivity contribution in [3.63, 3.8) is 0 Å². The van der Waals surface area contributed by atoms with Crippen molar-refractivity contribution in [1.29, 1.82) is 0 Å². The fraction of sp³-hybridized carbons (Fsp3) is 0.111. The van der Waals surface area contributed by atoms with Gasteiger partial charge in [-0.15, -0.1) is 0 Å². The Morgan fingerprint density at radius 3 is 2.50 bits per heavy atom. The van der Waals surface area contributed by atoms with Gasteiger partial charge in [0.15, 0.2) is 0 Å². The smallest absolute Gasteiger partial charge is 0.135 e. The average molecular weight is 343 g/mol. The summed E-state index contributed by atoms with van der Waals surface area (Å²) in [5.74, 6) is 1.16. The molecule has 0 saturated carbocycles. The van der Waals surface area contributed by atoms with E-state index in [4.69, 9.17) is 11.6 Å². The number of hydrogen-bond acceptors (Lipinski definition) is 4. The molecule has 0 amide bonds. The van der Waals surface area contributed by atoms with E-state index in [-0.39, 0.29) is 5.82 Å². The largest absolute Gasteiger partial charge is 0.370 e. The second kappa shape index (κ2) is 7.75. The second-order valence-electron chi connectivity index (χ2n) is 5.19. The van der Waals surface area contributed by atoms with Gasteiger partial charge in [0, 0.05) is 23.3 Å². The van der Waals surface area contributed by atoms with Crippen molar-refractivity contribution in [1.82, 2.24) is 9.97 Å². The van der Waals surface area contributed by atoms with Gasteiger partial charge in [-0.3, -0.25) is 0 Å². The quantitative estimate of drug-likeness (QED) is 0.683. The fourth-order valence-corrected chi connectivity index (χ4v) is 2.36. The maximum Gasteiger partial charge on any atom is 0.135 e. The molecule has 0 aliphatic heterocycles. The molecule has 2 aromatic carbocycles. The van der Waals surface area contributed by atoms with Crippen molar-refractivity contribution in [2.75, 3.05) is 17.2 Å². The van der Waals surface area contributed by atoms with Gasteiger partial charge >= 0.3 is 0 Å². The van der Waals surface area contributed by atoms with Crippen LogP contribution in [0.15, 0.2) is 60.9 Å². The van der Waals surface area contributed by atoms with Gasteiger partial charge in [-0.2, -0.15) is 0 Å². The summed E-state index contributed by atoms with van der Waals surface area (Å²) in [6.45, 7) is 0.582. The summed E-state index contributed by atoms with van der Waals surface area (Å²) in [7, 11) is 0. The maximum absolute atomic E-state index is 13.6. The predicted octanol–water partition coefficient (Wildman–Crippen LogP) is 4.67. The Morgan fingerprint density at radius 2 is 1.71 bits per heavy atom. The van der Waals surface area contributed by atoms with Crippen LogP contribution < -0.4 is 10.6 Å². The summed E-state index contributed by atoms with van der Waals surface area (Å²) < 4.78 is 13.6. The number of nitrogens with one attached hydrogen (secondary N) is 2. The number of nitrogens with zero attached hydrogens (tertiary/aromatic N) is 2. The van der Waals surface area contributed by atoms with Crippen LogP contribution in [0.3, 0.4) is 0 Å². The molecule has 24 heavy (non-hydrogen) atoms. The SMILES string of the molecule is Fc1ccccc1CCNc1cc(Nc2ccc(Cl)cc2)ncn1. The summed E-state index contributed by atoms with van der Waals surface area (Å²) in [5.41, 5.74) is 1.56. The van der Waals surface area contributed by atoms with E-state index in [0.29, 0.717) is 35.2 Å². The minimum absolute atomic E-state index is 0.188. The third kappa shape index (κ3) is 4.43. The van der Waals surface area contributed by atoms with Gasteiger partial charge in [0.05, 0.1) is 0 Å². The molecule has 122 valence electrons. The Morgan fingerprint density at radius 1 is 0.958 bits per heavy atom. The summed E-state index contributed by atoms with van der Waals surface area (Å²) in [6, 6.07) is 15.9. The third-order valence-corrected chi connectivity index (χ3v) is 3.69. The molecule has 0 spiro atoms. The second-order valence-corrected chi connectivity index (χ2v) is 5.63. The zero-order chi connectivity index (χ0) is 16.8. The van der Waals surface area contributed by atoms with Crippen LogP contribution in [0.25, 0.3) is 0 Å². The number of anilines is 3. The van der Waals surface area contributed by atoms with Gasteiger partial charge in [-0.1, -0.05) is 29.8 Å². The molecule has 6 heteroatoms. The highest BCUT2D eigenvalue weighted by Gasteiger charge is 2.02. The molecule has 0 fully saturated rings. The molecule has 1 aromatic heterocycles. The van der Waals surface area contributed by atoms with Crippen molar-refractivity contribution >= 4 is 28.9 Å². The molecule has 0 bridgehead atoms. The van der Waals surface area contributed by atoms with E-state index in [1.807, 2.05) is 18.2 Å². The molecular weight excluding hydrogens is 327 g/mol. The summed E-state index contributed by atoms with van der Waals surface area (Å²) in [6.07, 6.45) is 2.06. The van der Waals surface area contributed by atoms with E-state index in [9.17, 15) is 4.39 Å². The molecule has 1 heterocycles. The summed E-state index contributed by atoms with van der Waals surface area (Å²) >= 11 is 5.87. The molecule has 0 aliphatic rings. The van der Waals surface area contributed by atoms with Crippen molar-refractivity contribution in [2.45, 2.75) is 6.42 Å². The highest BCUT2D eigenvalue weighted by Crippen LogP contribution is 2.18. The Balaban J connectivity index is 1.59. The van der Waals surface area contributed by atoms with E-state index < -0.39 is 0 Å². The molecule has 3 aromatic rings. The van der Waals surface area contributed by atoms with E-state index in [2.05, 4.69) is 20.6 Å². The highest BCUT2D eigenvalue weighted by molar-refractivity contribution is 6.30. The molecule has 0 aliphatic carbocycles. The lowest BCUT2D eigenvalue weighted by molar-refractivity contribution is 0.610. The Kier molecular flexibility index (Phi) is 5.23. The fourth-order valence-electron chi connectivity index (χ4n) is 2.23. The third-order valence-electron chi connectivity index (χ3n) is 3.44. The molecular formula is C18H16ClFN4. The lowest BCUT2D eigenvalue weighted by atomic mass is 10.1. The van der Waals surface area contributed by atoms with Crippen molar-refractivity contribution in [3.8, 4) is 0 Å². The monoisotopic (exact) mass is 342 g/mol. The maximum atomic E-state index is 13.6. The van der Waals surface area contributed by atoms with E-state index >= 15 is 0 Å². The Bertz CT molecular complexity index is 808. The van der Waals surface area contributed by atoms with Crippen molar-refractivity contribution in [3.05, 3.63) is 77.3 Å². The first-order valence-electron chi connectivity index (χ1n) is 7.52. The first kappa shape index (κ1) is 16.2. The van der Waals surface area contributed by atoms with Crippen molar-refractivity contribution < 1.29 is 4.39 Å². The Hall–Kier alpha value is -2.66. The zero-order valence-electron chi connectivity index (χ0n) is 12.8. The van der Waals surface area contributed by atoms with Crippen LogP contribution in [0.4, 0.5) is 21.7 Å². The minimum Gasteiger partial charge on any atom is -0.370 e. The number of rotatable bonds is 6. The number of hydrogen-bond donors (Lipinski definition) is 2. The van der Waals surface area contributed by atoms with Crippen LogP contribution >= 0.6 is 11.6 Å². The van der Waals surface area contributed by atoms with Crippen LogP contribution in [-0.4, -0.2) is 16.5 Å². The predicted molar refractivity (Wildman–Crippen MR) is 95.4 cm³/mol. The topological polar surface area (TPSA) is 49.8 Å². The number of aromatic nitrogens is 2. The average Bonchev–Trinajstić information content (AvgIpc) is 2.59. The first-order valence-corrected chi connectivity index (χ1v) is 7.90. The molecule has 0 unspecified atom stereocenters. The van der Waals surface area contributed by atoms with Crippen LogP contribution in [0.1, 0.15) is 5.56 Å². The normalized spacial score (nSPS) is 10.4. The molecule has 4 nitrogen and oxygen atoms in total. The van der Waals surface area contributed by atoms with Crippen LogP contribution in [0.2, 0.25) is 5.02 Å². The lowest BCUT2D eigenvalue weighted by Crippen LogP contribution is -2.08. The molecule has 2 N–H and O–H groups in total. The van der Waals surface area contributed by atoms with Gasteiger partial charge < -0.3 is 10.6 Å². The van der Waals surface area contributed by atoms with Crippen molar-refractivity contribution in [2.24, 2.45) is 0 Å². The molecule has 0 saturated heterocycles. The van der Waals surface area contributed by atoms with Crippen LogP contribution in [0.5, 0.6) is 0 Å². The van der Waals surface area contributed by atoms with Gasteiger partial charge in [0.25, 0.3) is 0 Å². The summed E-state index contributed by atoms with van der Waals surface area (Å²) in [4.78, 5) is 8.35. The molecule has 0 radical (unpaired) electrons. The summed E-state index contributed by atoms with van der Waals surface area (Å²) in [5, 5.41) is 7.04. The van der Waals surface area contributed by atoms with Gasteiger partial charge in [0.2, 0.25) is 0 Å². The first-order chi connectivity index (χ1) is 11.7. The van der Waals surface area contributed by atoms with E-state index in [0.717, 1.165) is 5.69 Å². The minimum atomic E-state index is -0.188. The van der Waals surface area contributed by atoms with Crippen LogP contribution in [0, 0.1) is 5.82 Å². The molecule has 0 atom stereocenters.